The Hall–Kier alpha value is -1.66. The van der Waals surface area contributed by atoms with Gasteiger partial charge in [-0.3, -0.25) is 4.79 Å². The molecule has 0 aromatic heterocycles. The first kappa shape index (κ1) is 18.7. The molecule has 0 heterocycles. The Morgan fingerprint density at radius 1 is 1.21 bits per heavy atom. The number of anilines is 1. The van der Waals surface area contributed by atoms with Crippen molar-refractivity contribution in [2.24, 2.45) is 0 Å². The lowest BCUT2D eigenvalue weighted by molar-refractivity contribution is -0.116. The Bertz CT molecular complexity index is 693. The van der Waals surface area contributed by atoms with Crippen molar-refractivity contribution in [1.82, 2.24) is 4.31 Å². The third-order valence-electron chi connectivity index (χ3n) is 4.19. The van der Waals surface area contributed by atoms with Crippen molar-refractivity contribution in [1.29, 1.82) is 0 Å². The summed E-state index contributed by atoms with van der Waals surface area (Å²) in [4.78, 5) is 12.2. The maximum atomic E-state index is 12.2. The molecule has 1 aromatic carbocycles. The van der Waals surface area contributed by atoms with E-state index in [1.165, 1.54) is 22.7 Å². The topological polar surface area (TPSA) is 66.5 Å². The summed E-state index contributed by atoms with van der Waals surface area (Å²) < 4.78 is 25.2. The molecule has 1 aromatic rings. The highest BCUT2D eigenvalue weighted by Gasteiger charge is 2.20. The van der Waals surface area contributed by atoms with Crippen LogP contribution in [0.25, 0.3) is 0 Å². The molecule has 0 saturated heterocycles. The van der Waals surface area contributed by atoms with E-state index in [0.717, 1.165) is 24.7 Å². The van der Waals surface area contributed by atoms with Crippen LogP contribution < -0.4 is 5.32 Å². The third-order valence-corrected chi connectivity index (χ3v) is 5.44. The molecule has 0 saturated carbocycles. The zero-order valence-corrected chi connectivity index (χ0v) is 15.2. The number of sulfonamides is 1. The van der Waals surface area contributed by atoms with Crippen LogP contribution in [0.3, 0.4) is 0 Å². The number of allylic oxidation sites excluding steroid dienone is 1. The predicted molar refractivity (Wildman–Crippen MR) is 97.4 cm³/mol. The lowest BCUT2D eigenvalue weighted by atomic mass is 9.97. The first-order chi connectivity index (χ1) is 11.3. The Labute approximate surface area is 144 Å². The van der Waals surface area contributed by atoms with Gasteiger partial charge in [-0.25, -0.2) is 8.42 Å². The molecule has 1 N–H and O–H groups in total. The molecule has 0 atom stereocenters. The van der Waals surface area contributed by atoms with E-state index in [9.17, 15) is 13.2 Å². The van der Waals surface area contributed by atoms with Crippen molar-refractivity contribution in [2.75, 3.05) is 24.7 Å². The number of carbonyl (C=O) groups is 1. The summed E-state index contributed by atoms with van der Waals surface area (Å²) >= 11 is 0. The van der Waals surface area contributed by atoms with E-state index in [-0.39, 0.29) is 12.5 Å². The van der Waals surface area contributed by atoms with E-state index in [4.69, 9.17) is 0 Å². The second kappa shape index (κ2) is 8.44. The molecule has 0 aliphatic heterocycles. The van der Waals surface area contributed by atoms with Gasteiger partial charge in [0, 0.05) is 12.2 Å². The van der Waals surface area contributed by atoms with Gasteiger partial charge in [-0.05, 0) is 51.2 Å². The second-order valence-corrected chi connectivity index (χ2v) is 8.35. The van der Waals surface area contributed by atoms with Gasteiger partial charge in [0.1, 0.15) is 0 Å². The van der Waals surface area contributed by atoms with Gasteiger partial charge in [0.25, 0.3) is 0 Å². The van der Waals surface area contributed by atoms with Crippen LogP contribution in [0, 0.1) is 6.92 Å². The molecule has 1 amide bonds. The minimum absolute atomic E-state index is 0.153. The maximum Gasteiger partial charge on any atom is 0.239 e. The zero-order chi connectivity index (χ0) is 17.6. The Kier molecular flexibility index (Phi) is 6.57. The van der Waals surface area contributed by atoms with Gasteiger partial charge in [-0.15, -0.1) is 0 Å². The molecule has 0 unspecified atom stereocenters. The molecule has 132 valence electrons. The number of benzene rings is 1. The van der Waals surface area contributed by atoms with Crippen molar-refractivity contribution >= 4 is 21.6 Å². The molecule has 0 bridgehead atoms. The van der Waals surface area contributed by atoms with Crippen molar-refractivity contribution in [3.05, 3.63) is 41.5 Å². The summed E-state index contributed by atoms with van der Waals surface area (Å²) in [5, 5.41) is 2.75. The largest absolute Gasteiger partial charge is 0.325 e. The molecule has 0 spiro atoms. The van der Waals surface area contributed by atoms with Crippen molar-refractivity contribution < 1.29 is 13.2 Å². The van der Waals surface area contributed by atoms with Gasteiger partial charge >= 0.3 is 0 Å². The Balaban J connectivity index is 1.93. The van der Waals surface area contributed by atoms with Gasteiger partial charge in [-0.2, -0.15) is 4.31 Å². The van der Waals surface area contributed by atoms with Gasteiger partial charge in [0.2, 0.25) is 15.9 Å². The fourth-order valence-electron chi connectivity index (χ4n) is 2.76. The SMILES string of the molecule is Cc1ccc(NC(=O)CN(CCC2=CCCCC2)S(C)(=O)=O)cc1. The van der Waals surface area contributed by atoms with Crippen LogP contribution in [0.5, 0.6) is 0 Å². The molecule has 6 heteroatoms. The number of rotatable bonds is 7. The molecular formula is C18H26N2O3S. The van der Waals surface area contributed by atoms with Crippen molar-refractivity contribution in [2.45, 2.75) is 39.0 Å². The van der Waals surface area contributed by atoms with Gasteiger partial charge in [-0.1, -0.05) is 29.3 Å². The monoisotopic (exact) mass is 350 g/mol. The third kappa shape index (κ3) is 6.09. The minimum atomic E-state index is -3.41. The average molecular weight is 350 g/mol. The quantitative estimate of drug-likeness (QED) is 0.769. The highest BCUT2D eigenvalue weighted by atomic mass is 32.2. The number of hydrogen-bond acceptors (Lipinski definition) is 3. The molecule has 5 nitrogen and oxygen atoms in total. The van der Waals surface area contributed by atoms with Crippen LogP contribution in [0.15, 0.2) is 35.9 Å². The molecule has 2 rings (SSSR count). The van der Waals surface area contributed by atoms with Gasteiger partial charge in [0.05, 0.1) is 12.8 Å². The molecule has 0 radical (unpaired) electrons. The molecular weight excluding hydrogens is 324 g/mol. The lowest BCUT2D eigenvalue weighted by Gasteiger charge is -2.21. The van der Waals surface area contributed by atoms with Crippen LogP contribution in [0.2, 0.25) is 0 Å². The van der Waals surface area contributed by atoms with Crippen molar-refractivity contribution in [3.8, 4) is 0 Å². The van der Waals surface area contributed by atoms with Crippen LogP contribution in [-0.4, -0.2) is 38.0 Å². The highest BCUT2D eigenvalue weighted by Crippen LogP contribution is 2.20. The second-order valence-electron chi connectivity index (χ2n) is 6.37. The summed E-state index contributed by atoms with van der Waals surface area (Å²) in [6, 6.07) is 7.43. The van der Waals surface area contributed by atoms with Gasteiger partial charge in [0.15, 0.2) is 0 Å². The van der Waals surface area contributed by atoms with Crippen LogP contribution in [0.4, 0.5) is 5.69 Å². The molecule has 0 fully saturated rings. The fraction of sp³-hybridized carbons (Fsp3) is 0.500. The smallest absolute Gasteiger partial charge is 0.239 e. The summed E-state index contributed by atoms with van der Waals surface area (Å²) in [6.07, 6.45) is 8.54. The summed E-state index contributed by atoms with van der Waals surface area (Å²) in [7, 11) is -3.41. The van der Waals surface area contributed by atoms with Crippen LogP contribution in [-0.2, 0) is 14.8 Å². The number of nitrogens with one attached hydrogen (secondary N) is 1. The first-order valence-electron chi connectivity index (χ1n) is 8.34. The Morgan fingerprint density at radius 2 is 1.92 bits per heavy atom. The maximum absolute atomic E-state index is 12.2. The number of carbonyl (C=O) groups excluding carboxylic acids is 1. The fourth-order valence-corrected chi connectivity index (χ4v) is 3.53. The molecule has 1 aliphatic carbocycles. The minimum Gasteiger partial charge on any atom is -0.325 e. The molecule has 1 aliphatic rings. The van der Waals surface area contributed by atoms with E-state index in [1.807, 2.05) is 31.2 Å². The number of aryl methyl sites for hydroxylation is 1. The lowest BCUT2D eigenvalue weighted by Crippen LogP contribution is -2.38. The molecule has 24 heavy (non-hydrogen) atoms. The highest BCUT2D eigenvalue weighted by molar-refractivity contribution is 7.88. The normalized spacial score (nSPS) is 15.2. The first-order valence-corrected chi connectivity index (χ1v) is 10.2. The summed E-state index contributed by atoms with van der Waals surface area (Å²) in [5.41, 5.74) is 3.08. The summed E-state index contributed by atoms with van der Waals surface area (Å²) in [6.45, 7) is 2.17. The van der Waals surface area contributed by atoms with Crippen molar-refractivity contribution in [3.63, 3.8) is 0 Å². The zero-order valence-electron chi connectivity index (χ0n) is 14.4. The van der Waals surface area contributed by atoms with Crippen LogP contribution in [0.1, 0.15) is 37.7 Å². The summed E-state index contributed by atoms with van der Waals surface area (Å²) in [5.74, 6) is -0.318. The predicted octanol–water partition coefficient (Wildman–Crippen LogP) is 3.09. The van der Waals surface area contributed by atoms with Crippen LogP contribution >= 0.6 is 0 Å². The number of hydrogen-bond donors (Lipinski definition) is 1. The van der Waals surface area contributed by atoms with E-state index in [2.05, 4.69) is 11.4 Å². The number of amides is 1. The van der Waals surface area contributed by atoms with E-state index < -0.39 is 10.0 Å². The van der Waals surface area contributed by atoms with E-state index >= 15 is 0 Å². The Morgan fingerprint density at radius 3 is 2.50 bits per heavy atom. The van der Waals surface area contributed by atoms with E-state index in [0.29, 0.717) is 18.7 Å². The van der Waals surface area contributed by atoms with Gasteiger partial charge < -0.3 is 5.32 Å². The number of nitrogens with zero attached hydrogens (tertiary/aromatic N) is 1. The standard InChI is InChI=1S/C18H26N2O3S/c1-15-8-10-17(11-9-15)19-18(21)14-20(24(2,22)23)13-12-16-6-4-3-5-7-16/h6,8-11H,3-5,7,12-14H2,1-2H3,(H,19,21). The average Bonchev–Trinajstić information content (AvgIpc) is 2.53. The van der Waals surface area contributed by atoms with E-state index in [1.54, 1.807) is 0 Å².